The van der Waals surface area contributed by atoms with Crippen LogP contribution in [0.3, 0.4) is 0 Å². The van der Waals surface area contributed by atoms with E-state index in [2.05, 4.69) is 20.5 Å². The van der Waals surface area contributed by atoms with Crippen LogP contribution >= 0.6 is 0 Å². The maximum absolute atomic E-state index is 12.7. The predicted octanol–water partition coefficient (Wildman–Crippen LogP) is -1.15. The minimum atomic E-state index is -0.570. The molecule has 26 heavy (non-hydrogen) atoms. The highest BCUT2D eigenvalue weighted by Gasteiger charge is 2.49. The fraction of sp³-hybridized carbons (Fsp3) is 0.750. The number of hydrogen-bond donors (Lipinski definition) is 1. The van der Waals surface area contributed by atoms with E-state index in [9.17, 15) is 9.59 Å². The Morgan fingerprint density at radius 3 is 2.81 bits per heavy atom. The lowest BCUT2D eigenvalue weighted by Crippen LogP contribution is -2.44. The number of rotatable bonds is 4. The summed E-state index contributed by atoms with van der Waals surface area (Å²) in [5.41, 5.74) is -0.222. The van der Waals surface area contributed by atoms with Gasteiger partial charge in [0.25, 0.3) is 5.91 Å². The van der Waals surface area contributed by atoms with Crippen LogP contribution in [0.5, 0.6) is 0 Å². The minimum absolute atomic E-state index is 0.152. The van der Waals surface area contributed by atoms with Gasteiger partial charge in [-0.2, -0.15) is 0 Å². The van der Waals surface area contributed by atoms with Crippen molar-refractivity contribution in [2.24, 2.45) is 0 Å². The number of aromatic nitrogens is 3. The number of hydrogen-bond acceptors (Lipinski definition) is 7. The number of ether oxygens (including phenoxy) is 1. The lowest BCUT2D eigenvalue weighted by Gasteiger charge is -2.26. The zero-order valence-electron chi connectivity index (χ0n) is 15.1. The van der Waals surface area contributed by atoms with Crippen LogP contribution in [-0.2, 0) is 11.3 Å². The van der Waals surface area contributed by atoms with Crippen molar-refractivity contribution < 1.29 is 14.3 Å². The van der Waals surface area contributed by atoms with Gasteiger partial charge in [-0.25, -0.2) is 4.79 Å². The second-order valence-electron chi connectivity index (χ2n) is 7.34. The van der Waals surface area contributed by atoms with Gasteiger partial charge in [-0.1, -0.05) is 5.21 Å². The lowest BCUT2D eigenvalue weighted by molar-refractivity contribution is 0.0550. The van der Waals surface area contributed by atoms with Gasteiger partial charge in [0.05, 0.1) is 25.8 Å². The smallest absolute Gasteiger partial charge is 0.410 e. The van der Waals surface area contributed by atoms with E-state index in [1.165, 1.54) is 0 Å². The van der Waals surface area contributed by atoms with Crippen LogP contribution in [0.25, 0.3) is 0 Å². The average molecular weight is 363 g/mol. The molecule has 2 amide bonds. The summed E-state index contributed by atoms with van der Waals surface area (Å²) < 4.78 is 7.22. The van der Waals surface area contributed by atoms with Crippen molar-refractivity contribution in [1.82, 2.24) is 35.0 Å². The molecule has 0 bridgehead atoms. The zero-order valence-corrected chi connectivity index (χ0v) is 15.1. The maximum Gasteiger partial charge on any atom is 0.410 e. The molecule has 1 atom stereocenters. The molecule has 1 N–H and O–H groups in total. The summed E-state index contributed by atoms with van der Waals surface area (Å²) in [7, 11) is 1.71. The summed E-state index contributed by atoms with van der Waals surface area (Å²) >= 11 is 0. The first kappa shape index (κ1) is 17.2. The van der Waals surface area contributed by atoms with Crippen molar-refractivity contribution in [3.63, 3.8) is 0 Å². The van der Waals surface area contributed by atoms with Gasteiger partial charge in [-0.15, -0.1) is 5.10 Å². The normalized spacial score (nSPS) is 26.7. The molecule has 4 heterocycles. The molecule has 0 radical (unpaired) electrons. The van der Waals surface area contributed by atoms with Gasteiger partial charge in [-0.3, -0.25) is 14.4 Å². The van der Waals surface area contributed by atoms with Crippen molar-refractivity contribution in [3.05, 3.63) is 11.9 Å². The SMILES string of the molecule is CN1C[C@]2(CCN(C(=O)c3cn(CCN4CCNCC4)nn3)C2)OC1=O. The fourth-order valence-electron chi connectivity index (χ4n) is 3.87. The lowest BCUT2D eigenvalue weighted by atomic mass is 10.0. The third kappa shape index (κ3) is 3.38. The Labute approximate surface area is 152 Å². The highest BCUT2D eigenvalue weighted by atomic mass is 16.6. The van der Waals surface area contributed by atoms with Crippen LogP contribution < -0.4 is 5.32 Å². The highest BCUT2D eigenvalue weighted by molar-refractivity contribution is 5.92. The molecular weight excluding hydrogens is 338 g/mol. The summed E-state index contributed by atoms with van der Waals surface area (Å²) in [6.45, 7) is 7.19. The molecule has 3 aliphatic rings. The third-order valence-corrected chi connectivity index (χ3v) is 5.36. The first-order valence-corrected chi connectivity index (χ1v) is 9.11. The summed E-state index contributed by atoms with van der Waals surface area (Å²) in [5.74, 6) is -0.152. The van der Waals surface area contributed by atoms with Gasteiger partial charge < -0.3 is 19.9 Å². The number of likely N-dealkylation sites (tertiary alicyclic amines) is 1. The topological polar surface area (TPSA) is 95.8 Å². The summed E-state index contributed by atoms with van der Waals surface area (Å²) in [4.78, 5) is 30.0. The average Bonchev–Trinajstić information content (AvgIpc) is 3.34. The number of piperazine rings is 1. The molecule has 4 rings (SSSR count). The van der Waals surface area contributed by atoms with E-state index in [1.807, 2.05) is 0 Å². The van der Waals surface area contributed by atoms with Crippen molar-refractivity contribution >= 4 is 12.0 Å². The van der Waals surface area contributed by atoms with E-state index < -0.39 is 5.60 Å². The largest absolute Gasteiger partial charge is 0.439 e. The van der Waals surface area contributed by atoms with Crippen LogP contribution in [0.1, 0.15) is 16.9 Å². The molecule has 0 saturated carbocycles. The molecule has 0 aromatic carbocycles. The number of carbonyl (C=O) groups is 2. The van der Waals surface area contributed by atoms with Gasteiger partial charge in [0.2, 0.25) is 0 Å². The number of nitrogens with zero attached hydrogens (tertiary/aromatic N) is 6. The highest BCUT2D eigenvalue weighted by Crippen LogP contribution is 2.32. The Bertz CT molecular complexity index is 687. The molecule has 10 heteroatoms. The minimum Gasteiger partial charge on any atom is -0.439 e. The number of nitrogens with one attached hydrogen (secondary N) is 1. The Kier molecular flexibility index (Phi) is 4.53. The van der Waals surface area contributed by atoms with Crippen LogP contribution in [0.2, 0.25) is 0 Å². The molecule has 0 unspecified atom stereocenters. The van der Waals surface area contributed by atoms with Crippen molar-refractivity contribution in [3.8, 4) is 0 Å². The Morgan fingerprint density at radius 2 is 2.08 bits per heavy atom. The monoisotopic (exact) mass is 363 g/mol. The van der Waals surface area contributed by atoms with Crippen LogP contribution in [0, 0.1) is 0 Å². The molecule has 3 fully saturated rings. The summed E-state index contributed by atoms with van der Waals surface area (Å²) in [6, 6.07) is 0. The second-order valence-corrected chi connectivity index (χ2v) is 7.34. The number of likely N-dealkylation sites (N-methyl/N-ethyl adjacent to an activating group) is 1. The molecule has 3 aliphatic heterocycles. The van der Waals surface area contributed by atoms with Crippen LogP contribution in [-0.4, -0.2) is 107 Å². The van der Waals surface area contributed by atoms with E-state index >= 15 is 0 Å². The van der Waals surface area contributed by atoms with Crippen molar-refractivity contribution in [2.75, 3.05) is 59.4 Å². The zero-order chi connectivity index (χ0) is 18.1. The molecule has 1 spiro atoms. The van der Waals surface area contributed by atoms with E-state index in [0.29, 0.717) is 38.3 Å². The van der Waals surface area contributed by atoms with E-state index in [0.717, 1.165) is 32.7 Å². The Balaban J connectivity index is 1.33. The van der Waals surface area contributed by atoms with Gasteiger partial charge in [0, 0.05) is 52.7 Å². The molecule has 142 valence electrons. The van der Waals surface area contributed by atoms with E-state index in [4.69, 9.17) is 4.74 Å². The standard InChI is InChI=1S/C16H25N7O3/c1-20-11-16(26-15(20)25)2-5-22(12-16)14(24)13-10-23(19-18-13)9-8-21-6-3-17-4-7-21/h10,17H,2-9,11-12H2,1H3/t16-/m0/s1. The molecule has 0 aliphatic carbocycles. The van der Waals surface area contributed by atoms with Crippen LogP contribution in [0.4, 0.5) is 4.79 Å². The van der Waals surface area contributed by atoms with E-state index in [1.54, 1.807) is 27.7 Å². The van der Waals surface area contributed by atoms with Gasteiger partial charge in [-0.05, 0) is 0 Å². The van der Waals surface area contributed by atoms with E-state index in [-0.39, 0.29) is 12.0 Å². The van der Waals surface area contributed by atoms with Gasteiger partial charge in [0.1, 0.15) is 0 Å². The van der Waals surface area contributed by atoms with Gasteiger partial charge >= 0.3 is 6.09 Å². The van der Waals surface area contributed by atoms with Crippen LogP contribution in [0.15, 0.2) is 6.20 Å². The molecular formula is C16H25N7O3. The molecule has 1 aromatic rings. The quantitative estimate of drug-likeness (QED) is 0.722. The molecule has 10 nitrogen and oxygen atoms in total. The number of carbonyl (C=O) groups excluding carboxylic acids is 2. The summed E-state index contributed by atoms with van der Waals surface area (Å²) in [6.07, 6.45) is 2.05. The first-order chi connectivity index (χ1) is 12.5. The Morgan fingerprint density at radius 1 is 1.27 bits per heavy atom. The van der Waals surface area contributed by atoms with Crippen molar-refractivity contribution in [2.45, 2.75) is 18.6 Å². The molecule has 3 saturated heterocycles. The van der Waals surface area contributed by atoms with Crippen molar-refractivity contribution in [1.29, 1.82) is 0 Å². The second kappa shape index (κ2) is 6.84. The Hall–Kier alpha value is -2.20. The predicted molar refractivity (Wildman–Crippen MR) is 91.7 cm³/mol. The first-order valence-electron chi connectivity index (χ1n) is 9.11. The fourth-order valence-corrected chi connectivity index (χ4v) is 3.87. The summed E-state index contributed by atoms with van der Waals surface area (Å²) in [5, 5.41) is 11.5. The number of amides is 2. The molecule has 1 aromatic heterocycles. The third-order valence-electron chi connectivity index (χ3n) is 5.36. The van der Waals surface area contributed by atoms with Gasteiger partial charge in [0.15, 0.2) is 11.3 Å². The maximum atomic E-state index is 12.7.